The van der Waals surface area contributed by atoms with E-state index in [1.165, 1.54) is 25.7 Å². The molecular weight excluding hydrogens is 302 g/mol. The largest absolute Gasteiger partial charge is 0.395 e. The summed E-state index contributed by atoms with van der Waals surface area (Å²) >= 11 is 0. The van der Waals surface area contributed by atoms with Gasteiger partial charge in [0, 0.05) is 25.7 Å². The molecule has 0 saturated carbocycles. The Kier molecular flexibility index (Phi) is 7.98. The van der Waals surface area contributed by atoms with Gasteiger partial charge >= 0.3 is 0 Å². The molecule has 2 saturated heterocycles. The molecule has 0 unspecified atom stereocenters. The van der Waals surface area contributed by atoms with Gasteiger partial charge in [0.05, 0.1) is 12.6 Å². The molecule has 24 heavy (non-hydrogen) atoms. The molecule has 0 aromatic rings. The number of carbonyl (C=O) groups is 1. The van der Waals surface area contributed by atoms with E-state index in [0.717, 1.165) is 45.6 Å². The minimum Gasteiger partial charge on any atom is -0.395 e. The van der Waals surface area contributed by atoms with E-state index in [0.29, 0.717) is 17.9 Å². The fourth-order valence-electron chi connectivity index (χ4n) is 4.24. The summed E-state index contributed by atoms with van der Waals surface area (Å²) < 4.78 is 0. The molecule has 2 aliphatic heterocycles. The lowest BCUT2D eigenvalue weighted by molar-refractivity contribution is -0.140. The first kappa shape index (κ1) is 19.7. The van der Waals surface area contributed by atoms with Crippen LogP contribution in [0, 0.1) is 5.92 Å². The number of aliphatic hydroxyl groups excluding tert-OH is 1. The lowest BCUT2D eigenvalue weighted by atomic mass is 9.95. The van der Waals surface area contributed by atoms with Gasteiger partial charge in [-0.25, -0.2) is 0 Å². The summed E-state index contributed by atoms with van der Waals surface area (Å²) in [5.74, 6) is 0.991. The van der Waals surface area contributed by atoms with Crippen molar-refractivity contribution < 1.29 is 9.90 Å². The molecule has 0 aromatic heterocycles. The number of carbonyl (C=O) groups excluding carboxylic acids is 1. The fraction of sp³-hybridized carbons (Fsp3) is 0.947. The van der Waals surface area contributed by atoms with Crippen molar-refractivity contribution in [1.82, 2.24) is 14.7 Å². The van der Waals surface area contributed by atoms with Crippen LogP contribution in [0.3, 0.4) is 0 Å². The number of hydrogen-bond donors (Lipinski definition) is 1. The predicted octanol–water partition coefficient (Wildman–Crippen LogP) is 1.80. The van der Waals surface area contributed by atoms with Gasteiger partial charge in [-0.3, -0.25) is 9.69 Å². The predicted molar refractivity (Wildman–Crippen MR) is 98.0 cm³/mol. The maximum Gasteiger partial charge on any atom is 0.239 e. The van der Waals surface area contributed by atoms with E-state index < -0.39 is 0 Å². The summed E-state index contributed by atoms with van der Waals surface area (Å²) in [4.78, 5) is 19.7. The normalized spacial score (nSPS) is 25.2. The molecule has 2 aliphatic rings. The van der Waals surface area contributed by atoms with Gasteiger partial charge in [0.25, 0.3) is 0 Å². The first-order valence-electron chi connectivity index (χ1n) is 9.90. The third kappa shape index (κ3) is 5.17. The van der Waals surface area contributed by atoms with E-state index in [4.69, 9.17) is 5.11 Å². The molecule has 2 rings (SSSR count). The van der Waals surface area contributed by atoms with Crippen molar-refractivity contribution in [3.8, 4) is 0 Å². The third-order valence-corrected chi connectivity index (χ3v) is 6.07. The van der Waals surface area contributed by atoms with Gasteiger partial charge in [0.1, 0.15) is 0 Å². The average molecular weight is 340 g/mol. The molecule has 2 atom stereocenters. The molecule has 0 aromatic carbocycles. The number of rotatable bonds is 7. The summed E-state index contributed by atoms with van der Waals surface area (Å²) in [5, 5.41) is 9.04. The van der Waals surface area contributed by atoms with E-state index in [-0.39, 0.29) is 12.6 Å². The molecule has 0 radical (unpaired) electrons. The molecule has 0 bridgehead atoms. The standard InChI is InChI=1S/C19H37N3O2/c1-4-18-7-5-6-10-22(18)19(24)16(2)20(3)15-17-8-11-21(12-9-17)13-14-23/h16-18,23H,4-15H2,1-3H3/t16-,18+/m0/s1. The average Bonchev–Trinajstić information content (AvgIpc) is 2.62. The van der Waals surface area contributed by atoms with Crippen LogP contribution in [0.2, 0.25) is 0 Å². The zero-order chi connectivity index (χ0) is 17.5. The van der Waals surface area contributed by atoms with E-state index in [1.54, 1.807) is 0 Å². The van der Waals surface area contributed by atoms with Crippen LogP contribution in [0.15, 0.2) is 0 Å². The first-order chi connectivity index (χ1) is 11.6. The SMILES string of the molecule is CC[C@@H]1CCCCN1C(=O)[C@H](C)N(C)CC1CCN(CCO)CC1. The van der Waals surface area contributed by atoms with Crippen LogP contribution in [0.5, 0.6) is 0 Å². The second-order valence-electron chi connectivity index (χ2n) is 7.71. The van der Waals surface area contributed by atoms with Crippen LogP contribution in [-0.4, -0.2) is 84.2 Å². The Morgan fingerprint density at radius 2 is 1.92 bits per heavy atom. The molecule has 140 valence electrons. The molecule has 5 nitrogen and oxygen atoms in total. The van der Waals surface area contributed by atoms with Crippen molar-refractivity contribution in [2.75, 3.05) is 46.4 Å². The van der Waals surface area contributed by atoms with Gasteiger partial charge in [-0.15, -0.1) is 0 Å². The number of likely N-dealkylation sites (tertiary alicyclic amines) is 2. The van der Waals surface area contributed by atoms with Gasteiger partial charge in [-0.05, 0) is 71.5 Å². The zero-order valence-electron chi connectivity index (χ0n) is 15.9. The molecule has 5 heteroatoms. The monoisotopic (exact) mass is 339 g/mol. The number of β-amino-alcohol motifs (C(OH)–C–C–N with tert-alkyl or cyclic N) is 1. The van der Waals surface area contributed by atoms with Crippen LogP contribution < -0.4 is 0 Å². The van der Waals surface area contributed by atoms with Crippen LogP contribution in [0.1, 0.15) is 52.4 Å². The quantitative estimate of drug-likeness (QED) is 0.768. The summed E-state index contributed by atoms with van der Waals surface area (Å²) in [5.41, 5.74) is 0. The molecule has 0 aliphatic carbocycles. The van der Waals surface area contributed by atoms with Gasteiger partial charge in [-0.1, -0.05) is 6.92 Å². The minimum absolute atomic E-state index is 0.0207. The Morgan fingerprint density at radius 1 is 1.21 bits per heavy atom. The van der Waals surface area contributed by atoms with Crippen LogP contribution in [0.4, 0.5) is 0 Å². The Hall–Kier alpha value is -0.650. The van der Waals surface area contributed by atoms with E-state index in [2.05, 4.69) is 35.6 Å². The van der Waals surface area contributed by atoms with Crippen LogP contribution >= 0.6 is 0 Å². The van der Waals surface area contributed by atoms with Gasteiger partial charge in [0.15, 0.2) is 0 Å². The zero-order valence-corrected chi connectivity index (χ0v) is 15.9. The number of likely N-dealkylation sites (N-methyl/N-ethyl adjacent to an activating group) is 1. The van der Waals surface area contributed by atoms with E-state index in [9.17, 15) is 4.79 Å². The van der Waals surface area contributed by atoms with Gasteiger partial charge in [-0.2, -0.15) is 0 Å². The van der Waals surface area contributed by atoms with Crippen LogP contribution in [-0.2, 0) is 4.79 Å². The summed E-state index contributed by atoms with van der Waals surface area (Å²) in [6, 6.07) is 0.427. The summed E-state index contributed by atoms with van der Waals surface area (Å²) in [6.45, 7) is 9.42. The highest BCUT2D eigenvalue weighted by Gasteiger charge is 2.31. The number of aliphatic hydroxyl groups is 1. The Labute approximate surface area is 148 Å². The molecule has 2 heterocycles. The molecule has 1 amide bonds. The Morgan fingerprint density at radius 3 is 2.54 bits per heavy atom. The number of nitrogens with zero attached hydrogens (tertiary/aromatic N) is 3. The highest BCUT2D eigenvalue weighted by molar-refractivity contribution is 5.81. The summed E-state index contributed by atoms with van der Waals surface area (Å²) in [7, 11) is 2.10. The number of hydrogen-bond acceptors (Lipinski definition) is 4. The van der Waals surface area contributed by atoms with Crippen molar-refractivity contribution in [3.05, 3.63) is 0 Å². The maximum atomic E-state index is 12.9. The van der Waals surface area contributed by atoms with Gasteiger partial charge < -0.3 is 14.9 Å². The van der Waals surface area contributed by atoms with Crippen LogP contribution in [0.25, 0.3) is 0 Å². The van der Waals surface area contributed by atoms with Crippen molar-refractivity contribution >= 4 is 5.91 Å². The Bertz CT molecular complexity index is 383. The first-order valence-corrected chi connectivity index (χ1v) is 9.90. The molecule has 0 spiro atoms. The minimum atomic E-state index is -0.0207. The smallest absolute Gasteiger partial charge is 0.239 e. The van der Waals surface area contributed by atoms with Crippen molar-refractivity contribution in [1.29, 1.82) is 0 Å². The number of amides is 1. The third-order valence-electron chi connectivity index (χ3n) is 6.07. The van der Waals surface area contributed by atoms with Crippen molar-refractivity contribution in [2.45, 2.75) is 64.5 Å². The maximum absolute atomic E-state index is 12.9. The second kappa shape index (κ2) is 9.73. The lowest BCUT2D eigenvalue weighted by Gasteiger charge is -2.40. The van der Waals surface area contributed by atoms with E-state index >= 15 is 0 Å². The topological polar surface area (TPSA) is 47.0 Å². The molecule has 1 N–H and O–H groups in total. The fourth-order valence-corrected chi connectivity index (χ4v) is 4.24. The highest BCUT2D eigenvalue weighted by atomic mass is 16.3. The van der Waals surface area contributed by atoms with Crippen molar-refractivity contribution in [3.63, 3.8) is 0 Å². The molecular formula is C19H37N3O2. The van der Waals surface area contributed by atoms with Gasteiger partial charge in [0.2, 0.25) is 5.91 Å². The van der Waals surface area contributed by atoms with Crippen molar-refractivity contribution in [2.24, 2.45) is 5.92 Å². The summed E-state index contributed by atoms with van der Waals surface area (Å²) in [6.07, 6.45) is 7.01. The Balaban J connectivity index is 1.81. The second-order valence-corrected chi connectivity index (χ2v) is 7.71. The lowest BCUT2D eigenvalue weighted by Crippen LogP contribution is -2.52. The molecule has 2 fully saturated rings. The number of piperidine rings is 2. The highest BCUT2D eigenvalue weighted by Crippen LogP contribution is 2.23. The van der Waals surface area contributed by atoms with E-state index in [1.807, 2.05) is 0 Å².